The van der Waals surface area contributed by atoms with Gasteiger partial charge in [0.1, 0.15) is 0 Å². The molecule has 0 aromatic heterocycles. The molecule has 0 aliphatic heterocycles. The molecule has 0 nitrogen and oxygen atoms in total. The summed E-state index contributed by atoms with van der Waals surface area (Å²) < 4.78 is 0. The van der Waals surface area contributed by atoms with Crippen LogP contribution in [0, 0.1) is 34.6 Å². The number of unbranched alkanes of at least 4 members (excludes halogenated alkanes) is 2. The number of halogens is 3. The molecule has 0 radical (unpaired) electrons. The third-order valence-corrected chi connectivity index (χ3v) is 9.13. The molecule has 5 heteroatoms. The zero-order chi connectivity index (χ0) is 19.6. The first-order valence-corrected chi connectivity index (χ1v) is 11.8. The van der Waals surface area contributed by atoms with Crippen LogP contribution in [0.3, 0.4) is 0 Å². The van der Waals surface area contributed by atoms with E-state index in [-0.39, 0.29) is 64.4 Å². The van der Waals surface area contributed by atoms with Crippen molar-refractivity contribution < 1.29 is 58.9 Å². The number of rotatable bonds is 6. The van der Waals surface area contributed by atoms with E-state index >= 15 is 0 Å². The quantitative estimate of drug-likeness (QED) is 0.207. The van der Waals surface area contributed by atoms with Gasteiger partial charge in [-0.25, -0.2) is 6.07 Å². The Bertz CT molecular complexity index is 760. The Kier molecular flexibility index (Phi) is 16.9. The molecule has 0 aliphatic carbocycles. The summed E-state index contributed by atoms with van der Waals surface area (Å²) in [6.45, 7) is 21.0. The van der Waals surface area contributed by atoms with Crippen molar-refractivity contribution in [1.82, 2.24) is 0 Å². The molecule has 0 fully saturated rings. The smallest absolute Gasteiger partial charge is 1.00 e. The average molecular weight is 522 g/mol. The van der Waals surface area contributed by atoms with Crippen molar-refractivity contribution in [2.45, 2.75) is 93.4 Å². The molecule has 0 N–H and O–H groups in total. The SMILES string of the molecule is CCCCC[c-]1ccc(C(C)(C)C)c1[SiH2]c1c(C)c(C)c(C)c(C)c1C.[Cl-].[Cl-].[Cl-].[Ti+4]. The summed E-state index contributed by atoms with van der Waals surface area (Å²) in [6.07, 6.45) is 5.23. The molecule has 0 amide bonds. The van der Waals surface area contributed by atoms with Gasteiger partial charge in [-0.3, -0.25) is 0 Å². The first-order valence-electron chi connectivity index (χ1n) is 10.4. The minimum atomic E-state index is -0.480. The molecular weight excluding hydrogens is 483 g/mol. The molecule has 0 aliphatic rings. The van der Waals surface area contributed by atoms with Gasteiger partial charge < -0.3 is 37.2 Å². The van der Waals surface area contributed by atoms with Crippen molar-refractivity contribution >= 4 is 19.9 Å². The summed E-state index contributed by atoms with van der Waals surface area (Å²) in [5, 5.41) is 3.43. The van der Waals surface area contributed by atoms with Crippen LogP contribution in [0.15, 0.2) is 12.1 Å². The molecule has 0 saturated carbocycles. The summed E-state index contributed by atoms with van der Waals surface area (Å²) in [4.78, 5) is 0. The van der Waals surface area contributed by atoms with Gasteiger partial charge in [0.2, 0.25) is 0 Å². The molecule has 168 valence electrons. The molecule has 0 saturated heterocycles. The first kappa shape index (κ1) is 35.0. The fourth-order valence-electron chi connectivity index (χ4n) is 4.29. The second-order valence-corrected chi connectivity index (χ2v) is 11.0. The van der Waals surface area contributed by atoms with Crippen LogP contribution in [0.5, 0.6) is 0 Å². The van der Waals surface area contributed by atoms with Gasteiger partial charge in [-0.2, -0.15) is 22.4 Å². The van der Waals surface area contributed by atoms with Gasteiger partial charge in [0.05, 0.1) is 9.52 Å². The average Bonchev–Trinajstić information content (AvgIpc) is 2.98. The summed E-state index contributed by atoms with van der Waals surface area (Å²) in [6, 6.07) is 4.87. The second kappa shape index (κ2) is 14.5. The first-order chi connectivity index (χ1) is 12.1. The van der Waals surface area contributed by atoms with E-state index in [1.54, 1.807) is 32.6 Å². The van der Waals surface area contributed by atoms with Gasteiger partial charge in [-0.05, 0) is 62.4 Å². The van der Waals surface area contributed by atoms with Gasteiger partial charge in [0, 0.05) is 0 Å². The Morgan fingerprint density at radius 2 is 1.27 bits per heavy atom. The van der Waals surface area contributed by atoms with Gasteiger partial charge in [-0.1, -0.05) is 64.0 Å². The van der Waals surface area contributed by atoms with Crippen LogP contribution >= 0.6 is 0 Å². The second-order valence-electron chi connectivity index (χ2n) is 9.24. The Hall–Kier alpha value is 0.371. The van der Waals surface area contributed by atoms with E-state index in [0.29, 0.717) is 0 Å². The van der Waals surface area contributed by atoms with Crippen molar-refractivity contribution in [3.05, 3.63) is 51.1 Å². The van der Waals surface area contributed by atoms with Gasteiger partial charge >= 0.3 is 21.7 Å². The van der Waals surface area contributed by atoms with Crippen LogP contribution in [-0.2, 0) is 33.6 Å². The normalized spacial score (nSPS) is 10.8. The number of aryl methyl sites for hydroxylation is 1. The predicted octanol–water partition coefficient (Wildman–Crippen LogP) is -3.89. The Balaban J connectivity index is -0.00000182. The van der Waals surface area contributed by atoms with E-state index in [1.807, 2.05) is 0 Å². The van der Waals surface area contributed by atoms with Crippen molar-refractivity contribution in [2.75, 3.05) is 0 Å². The molecule has 30 heavy (non-hydrogen) atoms. The molecule has 0 unspecified atom stereocenters. The molecule has 0 spiro atoms. The maximum atomic E-state index is 2.44. The maximum absolute atomic E-state index is 2.44. The van der Waals surface area contributed by atoms with Crippen LogP contribution in [0.2, 0.25) is 0 Å². The van der Waals surface area contributed by atoms with Crippen LogP contribution in [0.4, 0.5) is 0 Å². The van der Waals surface area contributed by atoms with E-state index in [2.05, 4.69) is 74.4 Å². The number of benzene rings is 1. The molecule has 0 heterocycles. The van der Waals surface area contributed by atoms with Crippen LogP contribution < -0.4 is 47.6 Å². The van der Waals surface area contributed by atoms with Crippen molar-refractivity contribution in [1.29, 1.82) is 0 Å². The monoisotopic (exact) mass is 520 g/mol. The topological polar surface area (TPSA) is 0 Å². The van der Waals surface area contributed by atoms with Gasteiger partial charge in [-0.15, -0.1) is 0 Å². The Morgan fingerprint density at radius 1 is 0.800 bits per heavy atom. The third kappa shape index (κ3) is 7.75. The molecule has 2 aromatic rings. The van der Waals surface area contributed by atoms with E-state index < -0.39 is 9.52 Å². The van der Waals surface area contributed by atoms with Gasteiger partial charge in [0.25, 0.3) is 0 Å². The minimum absolute atomic E-state index is 0. The predicted molar refractivity (Wildman–Crippen MR) is 122 cm³/mol. The molecule has 2 rings (SSSR count). The summed E-state index contributed by atoms with van der Waals surface area (Å²) >= 11 is 0. The molecule has 0 bridgehead atoms. The van der Waals surface area contributed by atoms with Crippen LogP contribution in [-0.4, -0.2) is 9.52 Å². The Morgan fingerprint density at radius 3 is 1.70 bits per heavy atom. The fourth-order valence-corrected chi connectivity index (χ4v) is 7.06. The standard InChI is InChI=1S/C25H39Si.3ClH.Ti/c1-10-11-12-13-21-14-15-22(25(7,8)9)24(21)26-23-19(5)17(3)16(2)18(4)20(23)6;;;;/h14-15H,10-13,26H2,1-9H3;3*1H;/q-1;;;;+4/p-3. The van der Waals surface area contributed by atoms with E-state index in [1.165, 1.54) is 42.4 Å². The van der Waals surface area contributed by atoms with E-state index in [0.717, 1.165) is 0 Å². The number of hydrogen-bond donors (Lipinski definition) is 0. The largest absolute Gasteiger partial charge is 4.00 e. The zero-order valence-corrected chi connectivity index (χ0v) is 25.6. The Labute approximate surface area is 222 Å². The van der Waals surface area contributed by atoms with E-state index in [9.17, 15) is 0 Å². The fraction of sp³-hybridized carbons (Fsp3) is 0.560. The van der Waals surface area contributed by atoms with Crippen LogP contribution in [0.1, 0.15) is 85.9 Å². The third-order valence-electron chi connectivity index (χ3n) is 6.53. The summed E-state index contributed by atoms with van der Waals surface area (Å²) in [7, 11) is -0.480. The summed E-state index contributed by atoms with van der Waals surface area (Å²) in [5.41, 5.74) is 11.1. The van der Waals surface area contributed by atoms with Crippen molar-refractivity contribution in [3.8, 4) is 0 Å². The van der Waals surface area contributed by atoms with E-state index in [4.69, 9.17) is 0 Å². The maximum Gasteiger partial charge on any atom is 4.00 e. The summed E-state index contributed by atoms with van der Waals surface area (Å²) in [5.74, 6) is 0. The zero-order valence-electron chi connectivity index (χ0n) is 20.3. The number of hydrogen-bond acceptors (Lipinski definition) is 0. The molecular formula is C25H39Cl3SiTi. The van der Waals surface area contributed by atoms with Crippen molar-refractivity contribution in [3.63, 3.8) is 0 Å². The molecule has 2 aromatic carbocycles. The van der Waals surface area contributed by atoms with Gasteiger partial charge in [0.15, 0.2) is 0 Å². The van der Waals surface area contributed by atoms with Crippen molar-refractivity contribution in [2.24, 2.45) is 0 Å². The molecule has 0 atom stereocenters. The van der Waals surface area contributed by atoms with Crippen LogP contribution in [0.25, 0.3) is 0 Å². The minimum Gasteiger partial charge on any atom is -1.00 e.